The minimum absolute atomic E-state index is 0.106. The highest BCUT2D eigenvalue weighted by atomic mass is 16.6. The maximum absolute atomic E-state index is 12.8. The summed E-state index contributed by atoms with van der Waals surface area (Å²) in [6.45, 7) is 6.42. The van der Waals surface area contributed by atoms with E-state index in [2.05, 4.69) is 118 Å². The van der Waals surface area contributed by atoms with Crippen LogP contribution in [0, 0.1) is 0 Å². The van der Waals surface area contributed by atoms with Crippen molar-refractivity contribution in [2.24, 2.45) is 0 Å². The van der Waals surface area contributed by atoms with Crippen LogP contribution in [0.1, 0.15) is 245 Å². The second-order valence-corrected chi connectivity index (χ2v) is 17.7. The first-order valence-electron chi connectivity index (χ1n) is 27.2. The molecule has 0 aliphatic carbocycles. The van der Waals surface area contributed by atoms with Gasteiger partial charge in [-0.25, -0.2) is 0 Å². The van der Waals surface area contributed by atoms with Crippen LogP contribution in [0.15, 0.2) is 97.2 Å². The first-order chi connectivity index (χ1) is 32.5. The Morgan fingerprint density at radius 2 is 0.606 bits per heavy atom. The molecule has 0 radical (unpaired) electrons. The summed E-state index contributed by atoms with van der Waals surface area (Å²) < 4.78 is 16.8. The summed E-state index contributed by atoms with van der Waals surface area (Å²) in [5, 5.41) is 0. The molecule has 0 N–H and O–H groups in total. The van der Waals surface area contributed by atoms with Crippen LogP contribution in [-0.4, -0.2) is 37.2 Å². The Hall–Kier alpha value is -3.67. The summed E-state index contributed by atoms with van der Waals surface area (Å²) >= 11 is 0. The van der Waals surface area contributed by atoms with Crippen LogP contribution in [0.5, 0.6) is 0 Å². The van der Waals surface area contributed by atoms with Crippen molar-refractivity contribution >= 4 is 17.9 Å². The maximum atomic E-state index is 12.8. The summed E-state index contributed by atoms with van der Waals surface area (Å²) in [6, 6.07) is 0. The van der Waals surface area contributed by atoms with E-state index in [9.17, 15) is 14.4 Å². The fourth-order valence-electron chi connectivity index (χ4n) is 7.21. The molecule has 0 amide bonds. The molecule has 0 aromatic heterocycles. The van der Waals surface area contributed by atoms with Gasteiger partial charge in [-0.05, 0) is 116 Å². The van der Waals surface area contributed by atoms with Gasteiger partial charge in [-0.1, -0.05) is 208 Å². The average Bonchev–Trinajstić information content (AvgIpc) is 3.31. The van der Waals surface area contributed by atoms with Gasteiger partial charge in [-0.15, -0.1) is 0 Å². The minimum Gasteiger partial charge on any atom is -0.462 e. The summed E-state index contributed by atoms with van der Waals surface area (Å²) in [5.41, 5.74) is 0. The molecule has 6 nitrogen and oxygen atoms in total. The maximum Gasteiger partial charge on any atom is 0.306 e. The predicted molar refractivity (Wildman–Crippen MR) is 284 cm³/mol. The van der Waals surface area contributed by atoms with Gasteiger partial charge in [0.2, 0.25) is 0 Å². The molecule has 0 saturated carbocycles. The number of carbonyl (C=O) groups is 3. The lowest BCUT2D eigenvalue weighted by molar-refractivity contribution is -0.167. The van der Waals surface area contributed by atoms with Crippen LogP contribution in [0.25, 0.3) is 0 Å². The highest BCUT2D eigenvalue weighted by molar-refractivity contribution is 5.71. The Bertz CT molecular complexity index is 1330. The van der Waals surface area contributed by atoms with Crippen LogP contribution in [-0.2, 0) is 28.6 Å². The number of esters is 3. The zero-order chi connectivity index (χ0) is 47.9. The molecule has 6 heteroatoms. The molecular weight excluding hydrogens is 817 g/mol. The zero-order valence-electron chi connectivity index (χ0n) is 42.9. The SMILES string of the molecule is CC/C=C\C/C=C\C/C=C\C/C=C\C/C=C\CCCC(=O)OC(COC(=O)CCCCCCC/C=C\CCCCC)COC(=O)CCCCCCCCCCC/C=C\C/C=C\CCCCC. The molecule has 66 heavy (non-hydrogen) atoms. The largest absolute Gasteiger partial charge is 0.462 e. The molecule has 0 rings (SSSR count). The van der Waals surface area contributed by atoms with E-state index in [1.165, 1.54) is 103 Å². The van der Waals surface area contributed by atoms with Crippen molar-refractivity contribution in [1.82, 2.24) is 0 Å². The number of allylic oxidation sites excluding steroid dienone is 16. The van der Waals surface area contributed by atoms with Crippen molar-refractivity contribution < 1.29 is 28.6 Å². The van der Waals surface area contributed by atoms with E-state index in [-0.39, 0.29) is 37.5 Å². The zero-order valence-corrected chi connectivity index (χ0v) is 42.9. The van der Waals surface area contributed by atoms with Gasteiger partial charge in [0.25, 0.3) is 0 Å². The number of rotatable bonds is 48. The molecule has 0 spiro atoms. The van der Waals surface area contributed by atoms with E-state index in [1.54, 1.807) is 0 Å². The van der Waals surface area contributed by atoms with Gasteiger partial charge in [-0.3, -0.25) is 14.4 Å². The van der Waals surface area contributed by atoms with E-state index in [0.717, 1.165) is 96.3 Å². The Morgan fingerprint density at radius 3 is 0.985 bits per heavy atom. The summed E-state index contributed by atoms with van der Waals surface area (Å²) in [6.07, 6.45) is 71.1. The fraction of sp³-hybridized carbons (Fsp3) is 0.683. The standard InChI is InChI=1S/C60H100O6/c1-4-7-10-13-16-19-22-25-27-29-30-32-33-35-38-41-44-47-50-53-59(62)65-56-57(55-64-58(61)52-49-46-43-40-37-24-21-18-15-12-9-6-3)66-60(63)54-51-48-45-42-39-36-34-31-28-26-23-20-17-14-11-8-5-2/h8,11,16-21,25-28,34,36,42,45,57H,4-7,9-10,12-15,22-24,29-33,35,37-41,43-44,46-56H2,1-3H3/b11-8-,19-16-,20-17-,21-18-,27-25-,28-26-,36-34-,45-42-. The van der Waals surface area contributed by atoms with Gasteiger partial charge in [-0.2, -0.15) is 0 Å². The summed E-state index contributed by atoms with van der Waals surface area (Å²) in [5.74, 6) is -0.978. The fourth-order valence-corrected chi connectivity index (χ4v) is 7.21. The molecule has 0 heterocycles. The average molecular weight is 917 g/mol. The van der Waals surface area contributed by atoms with Crippen molar-refractivity contribution in [3.05, 3.63) is 97.2 Å². The molecule has 0 aliphatic rings. The van der Waals surface area contributed by atoms with E-state index in [0.29, 0.717) is 19.3 Å². The van der Waals surface area contributed by atoms with Crippen LogP contribution < -0.4 is 0 Å². The molecule has 1 unspecified atom stereocenters. The first-order valence-corrected chi connectivity index (χ1v) is 27.2. The molecule has 0 aromatic rings. The third kappa shape index (κ3) is 51.3. The van der Waals surface area contributed by atoms with E-state index < -0.39 is 6.10 Å². The summed E-state index contributed by atoms with van der Waals surface area (Å²) in [7, 11) is 0. The molecule has 0 aliphatic heterocycles. The Labute approximate surface area is 407 Å². The molecule has 0 bridgehead atoms. The second kappa shape index (κ2) is 53.9. The van der Waals surface area contributed by atoms with Crippen LogP contribution in [0.4, 0.5) is 0 Å². The van der Waals surface area contributed by atoms with E-state index >= 15 is 0 Å². The van der Waals surface area contributed by atoms with Crippen LogP contribution in [0.3, 0.4) is 0 Å². The number of unbranched alkanes of at least 4 members (excludes halogenated alkanes) is 21. The Kier molecular flexibility index (Phi) is 50.9. The minimum atomic E-state index is -0.813. The third-order valence-electron chi connectivity index (χ3n) is 11.3. The number of hydrogen-bond acceptors (Lipinski definition) is 6. The van der Waals surface area contributed by atoms with Crippen molar-refractivity contribution in [2.75, 3.05) is 13.2 Å². The van der Waals surface area contributed by atoms with Gasteiger partial charge in [0, 0.05) is 19.3 Å². The molecular formula is C60H100O6. The van der Waals surface area contributed by atoms with Gasteiger partial charge < -0.3 is 14.2 Å². The Balaban J connectivity index is 4.46. The van der Waals surface area contributed by atoms with Gasteiger partial charge in [0.1, 0.15) is 13.2 Å². The van der Waals surface area contributed by atoms with Crippen LogP contribution >= 0.6 is 0 Å². The monoisotopic (exact) mass is 917 g/mol. The number of hydrogen-bond donors (Lipinski definition) is 0. The number of ether oxygens (including phenoxy) is 3. The topological polar surface area (TPSA) is 78.9 Å². The third-order valence-corrected chi connectivity index (χ3v) is 11.3. The van der Waals surface area contributed by atoms with Gasteiger partial charge in [0.15, 0.2) is 6.10 Å². The van der Waals surface area contributed by atoms with Crippen molar-refractivity contribution in [3.63, 3.8) is 0 Å². The molecule has 0 saturated heterocycles. The van der Waals surface area contributed by atoms with Crippen molar-refractivity contribution in [1.29, 1.82) is 0 Å². The lowest BCUT2D eigenvalue weighted by Crippen LogP contribution is -2.30. The number of carbonyl (C=O) groups excluding carboxylic acids is 3. The highest BCUT2D eigenvalue weighted by Crippen LogP contribution is 2.14. The van der Waals surface area contributed by atoms with Crippen molar-refractivity contribution in [3.8, 4) is 0 Å². The van der Waals surface area contributed by atoms with E-state index in [4.69, 9.17) is 14.2 Å². The quantitative estimate of drug-likeness (QED) is 0.0262. The van der Waals surface area contributed by atoms with Gasteiger partial charge >= 0.3 is 17.9 Å². The summed E-state index contributed by atoms with van der Waals surface area (Å²) in [4.78, 5) is 38.0. The normalized spacial score (nSPS) is 12.8. The van der Waals surface area contributed by atoms with Gasteiger partial charge in [0.05, 0.1) is 0 Å². The van der Waals surface area contributed by atoms with Crippen LogP contribution in [0.2, 0.25) is 0 Å². The molecule has 0 aromatic carbocycles. The Morgan fingerprint density at radius 1 is 0.318 bits per heavy atom. The molecule has 376 valence electrons. The lowest BCUT2D eigenvalue weighted by atomic mass is 10.1. The van der Waals surface area contributed by atoms with E-state index in [1.807, 2.05) is 0 Å². The lowest BCUT2D eigenvalue weighted by Gasteiger charge is -2.18. The first kappa shape index (κ1) is 62.3. The smallest absolute Gasteiger partial charge is 0.306 e. The van der Waals surface area contributed by atoms with Crippen molar-refractivity contribution in [2.45, 2.75) is 252 Å². The molecule has 0 fully saturated rings. The highest BCUT2D eigenvalue weighted by Gasteiger charge is 2.19. The second-order valence-electron chi connectivity index (χ2n) is 17.7. The molecule has 1 atom stereocenters. The predicted octanol–water partition coefficient (Wildman–Crippen LogP) is 18.1.